The Labute approximate surface area is 839 Å². The van der Waals surface area contributed by atoms with Crippen LogP contribution in [0.4, 0.5) is 13.2 Å². The van der Waals surface area contributed by atoms with Gasteiger partial charge in [0.05, 0.1) is 0 Å². The van der Waals surface area contributed by atoms with Crippen LogP contribution in [0.5, 0.6) is 5.75 Å². The predicted molar refractivity (Wildman–Crippen MR) is 556 cm³/mol. The van der Waals surface area contributed by atoms with Crippen molar-refractivity contribution in [1.29, 1.82) is 0 Å². The molecule has 0 amide bonds. The summed E-state index contributed by atoms with van der Waals surface area (Å²) in [4.78, 5) is 111. The van der Waals surface area contributed by atoms with Crippen molar-refractivity contribution in [3.8, 4) is 5.75 Å². The summed E-state index contributed by atoms with van der Waals surface area (Å²) in [6.45, 7) is 8.08. The second-order valence-electron chi connectivity index (χ2n) is 40.9. The van der Waals surface area contributed by atoms with Gasteiger partial charge < -0.3 is 39.1 Å². The molecule has 9 aromatic rings. The highest BCUT2D eigenvalue weighted by molar-refractivity contribution is 5.95. The quantitative estimate of drug-likeness (QED) is 0.0434. The maximum absolute atomic E-state index is 13.1. The van der Waals surface area contributed by atoms with Crippen molar-refractivity contribution in [3.63, 3.8) is 0 Å². The Morgan fingerprint density at radius 3 is 1.09 bits per heavy atom. The number of halogens is 3. The molecule has 758 valence electrons. The highest BCUT2D eigenvalue weighted by Gasteiger charge is 2.50. The lowest BCUT2D eigenvalue weighted by Crippen LogP contribution is -2.58. The lowest BCUT2D eigenvalue weighted by atomic mass is 9.73. The number of phenolic OH excluding ortho intramolecular Hbond substituents is 1. The number of hydrogen-bond acceptors (Lipinski definition) is 19. The van der Waals surface area contributed by atoms with E-state index in [1.165, 1.54) is 61.1 Å². The summed E-state index contributed by atoms with van der Waals surface area (Å²) in [7, 11) is 1.89. The zero-order chi connectivity index (χ0) is 102. The molecular formula is C120H152F3N9O10. The molecule has 0 radical (unpaired) electrons. The summed E-state index contributed by atoms with van der Waals surface area (Å²) < 4.78 is 38.2. The number of benzene rings is 9. The van der Waals surface area contributed by atoms with Gasteiger partial charge in [-0.2, -0.15) is 0 Å². The molecule has 11 aliphatic rings. The van der Waals surface area contributed by atoms with Crippen LogP contribution in [0.25, 0.3) is 0 Å². The van der Waals surface area contributed by atoms with Crippen molar-refractivity contribution in [2.45, 2.75) is 327 Å². The molecule has 14 N–H and O–H groups in total. The molecule has 1 aliphatic heterocycles. The van der Waals surface area contributed by atoms with Crippen LogP contribution in [-0.4, -0.2) is 101 Å². The molecule has 20 rings (SSSR count). The van der Waals surface area contributed by atoms with Gasteiger partial charge in [-0.05, 0) is 243 Å². The van der Waals surface area contributed by atoms with E-state index in [1.54, 1.807) is 48.5 Å². The number of likely N-dealkylation sites (N-methyl/N-ethyl adjacent to an activating group) is 1. The number of alkyl halides is 1. The largest absolute Gasteiger partial charge is 0.508 e. The Morgan fingerprint density at radius 2 is 0.676 bits per heavy atom. The summed E-state index contributed by atoms with van der Waals surface area (Å²) in [6.07, 6.45) is 34.7. The van der Waals surface area contributed by atoms with Gasteiger partial charge in [-0.1, -0.05) is 275 Å². The van der Waals surface area contributed by atoms with E-state index < -0.39 is 45.4 Å². The fourth-order valence-corrected chi connectivity index (χ4v) is 22.4. The number of carbonyl (C=O) groups excluding carboxylic acids is 9. The van der Waals surface area contributed by atoms with Crippen LogP contribution < -0.4 is 44.6 Å². The van der Waals surface area contributed by atoms with Crippen LogP contribution in [-0.2, 0) is 93.0 Å². The van der Waals surface area contributed by atoms with Crippen LogP contribution >= 0.6 is 0 Å². The number of aryl methyl sites for hydroxylation is 3. The molecule has 0 bridgehead atoms. The normalized spacial score (nSPS) is 27.1. The van der Waals surface area contributed by atoms with E-state index in [2.05, 4.69) is 88.4 Å². The van der Waals surface area contributed by atoms with Crippen molar-refractivity contribution in [1.82, 2.24) is 20.9 Å². The number of rotatable bonds is 16. The standard InChI is InChI=1S/2C15H19NO.C14H18FNO.C14H19NO.2C13H17NO.2C12H14FNO.C12H15NO2/c17-14-9-4-5-10-15(14,16-11-6-12-16)13-7-2-1-3-8-13;17-14-8-4-5-11-15(14,16-13-9-10-13)12-6-2-1-3-7-12;15-10-11-16-14(9-5-4-8-13(14)17)12-6-2-1-3-7-12;1-11-6-8-12(9-7-11)14(15-2)10-4-3-5-13(14)16;1-10-5-4-6-11(9-10)13(14)8-3-2-7-12(13)15;1-10-6-2-3-7-11(10)13(14)9-5-4-8-12(13)15;13-10-5-3-4-9(8-10)12(14)7-2-1-6-11(12)15;13-10-6-4-9(5-7-10)12(14)8-2-1-3-11(12)15;13-12(8-4-3-7-11(12)15)9-5-1-2-6-10(9)14/h1-3,7-8H,4-6,9-12H2;1-3,6-7,13,16H,4-5,8-11H2;1-3,6-7,16H,4-5,8-11H2;6-9,15H,3-5,10H2,1-2H3;4-6,9H,2-3,7-8,14H2,1H3;2-3,6-7H,4-5,8-9,14H2,1H3;3-5,8H,1-2,6-7,14H2;4-7H,1-3,8,14H2;1-2,5-6,14H,3-4,7-8,13H2/t2*15-;2*14-;2*13-;3*12-/m000000000/s1. The highest BCUT2D eigenvalue weighted by Crippen LogP contribution is 2.46. The van der Waals surface area contributed by atoms with E-state index in [1.807, 2.05) is 124 Å². The molecule has 9 atom stereocenters. The third-order valence-electron chi connectivity index (χ3n) is 31.3. The van der Waals surface area contributed by atoms with Crippen LogP contribution in [0, 0.1) is 32.4 Å². The number of Topliss-reactive ketones (excluding diaryl/α,β-unsaturated/α-hetero) is 9. The average Bonchev–Trinajstić information content (AvgIpc) is 0.985. The summed E-state index contributed by atoms with van der Waals surface area (Å²) >= 11 is 0. The molecule has 11 fully saturated rings. The first kappa shape index (κ1) is 110. The molecule has 0 unspecified atom stereocenters. The Bertz CT molecular complexity index is 5560. The van der Waals surface area contributed by atoms with E-state index in [0.29, 0.717) is 98.7 Å². The second-order valence-corrected chi connectivity index (χ2v) is 40.9. The van der Waals surface area contributed by atoms with E-state index >= 15 is 0 Å². The molecule has 1 heterocycles. The number of nitrogens with two attached hydrogens (primary N) is 5. The summed E-state index contributed by atoms with van der Waals surface area (Å²) in [5.41, 5.74) is 36.7. The van der Waals surface area contributed by atoms with Gasteiger partial charge in [0.1, 0.15) is 73.9 Å². The topological polar surface area (TPSA) is 343 Å². The van der Waals surface area contributed by atoms with Crippen LogP contribution in [0.2, 0.25) is 0 Å². The van der Waals surface area contributed by atoms with Crippen LogP contribution in [0.1, 0.15) is 317 Å². The van der Waals surface area contributed by atoms with E-state index in [-0.39, 0.29) is 69.7 Å². The Balaban J connectivity index is 0.000000143. The first-order chi connectivity index (χ1) is 68.3. The lowest BCUT2D eigenvalue weighted by molar-refractivity contribution is -0.139. The van der Waals surface area contributed by atoms with Crippen molar-refractivity contribution < 1.29 is 61.4 Å². The van der Waals surface area contributed by atoms with Gasteiger partial charge in [0.15, 0.2) is 52.0 Å². The molecule has 10 aliphatic carbocycles. The second kappa shape index (κ2) is 51.1. The maximum Gasteiger partial charge on any atom is 0.157 e. The zero-order valence-electron chi connectivity index (χ0n) is 84.1. The first-order valence-electron chi connectivity index (χ1n) is 52.3. The number of ketones is 9. The smallest absolute Gasteiger partial charge is 0.157 e. The van der Waals surface area contributed by atoms with Gasteiger partial charge >= 0.3 is 0 Å². The molecule has 0 aromatic heterocycles. The number of nitrogens with zero attached hydrogens (tertiary/aromatic N) is 1. The molecular weight excluding hydrogens is 1780 g/mol. The van der Waals surface area contributed by atoms with Gasteiger partial charge in [-0.15, -0.1) is 0 Å². The molecule has 142 heavy (non-hydrogen) atoms. The number of phenols is 1. The van der Waals surface area contributed by atoms with E-state index in [4.69, 9.17) is 28.7 Å². The summed E-state index contributed by atoms with van der Waals surface area (Å²) in [5, 5.41) is 19.7. The highest BCUT2D eigenvalue weighted by atomic mass is 19.1. The van der Waals surface area contributed by atoms with Crippen molar-refractivity contribution in [2.75, 3.05) is 33.4 Å². The average molecular weight is 1940 g/mol. The van der Waals surface area contributed by atoms with Crippen molar-refractivity contribution >= 4 is 52.0 Å². The monoisotopic (exact) mass is 1940 g/mol. The number of likely N-dealkylation sites (tertiary alicyclic amines) is 1. The minimum absolute atomic E-state index is 0.0272. The molecule has 19 nitrogen and oxygen atoms in total. The Kier molecular flexibility index (Phi) is 39.6. The zero-order valence-corrected chi connectivity index (χ0v) is 84.1. The minimum Gasteiger partial charge on any atom is -0.508 e. The molecule has 0 spiro atoms. The third-order valence-corrected chi connectivity index (χ3v) is 31.3. The van der Waals surface area contributed by atoms with E-state index in [0.717, 1.165) is 218 Å². The minimum atomic E-state index is -0.969. The molecule has 10 saturated carbocycles. The van der Waals surface area contributed by atoms with Gasteiger partial charge in [-0.3, -0.25) is 58.7 Å². The number of aromatic hydroxyl groups is 1. The molecule has 1 saturated heterocycles. The van der Waals surface area contributed by atoms with Gasteiger partial charge in [0.25, 0.3) is 0 Å². The Hall–Kier alpha value is -10.8. The summed E-state index contributed by atoms with van der Waals surface area (Å²) in [6, 6.07) is 74.0. The fourth-order valence-electron chi connectivity index (χ4n) is 22.4. The Morgan fingerprint density at radius 1 is 0.317 bits per heavy atom. The maximum atomic E-state index is 13.1. The van der Waals surface area contributed by atoms with E-state index in [9.17, 15) is 61.4 Å². The van der Waals surface area contributed by atoms with Gasteiger partial charge in [-0.25, -0.2) is 13.2 Å². The molecule has 9 aromatic carbocycles. The van der Waals surface area contributed by atoms with Gasteiger partial charge in [0.2, 0.25) is 0 Å². The molecule has 22 heteroatoms. The van der Waals surface area contributed by atoms with Crippen molar-refractivity contribution in [2.24, 2.45) is 28.7 Å². The fraction of sp³-hybridized carbons (Fsp3) is 0.475. The van der Waals surface area contributed by atoms with Crippen LogP contribution in [0.3, 0.4) is 0 Å². The van der Waals surface area contributed by atoms with Gasteiger partial charge in [0, 0.05) is 89.0 Å². The third kappa shape index (κ3) is 26.5. The SMILES string of the molecule is CN[C@]1(c2ccc(C)cc2)CCCCC1=O.Cc1cccc([C@@]2(N)CCCCC2=O)c1.Cc1ccccc1[C@@]1(N)CCCCC1=O.N[C@]1(c2ccc(F)cc2)CCCCC1=O.N[C@]1(c2cccc(F)c2)CCCCC1=O.N[C@]1(c2ccccc2O)CCCCC1=O.O=C1CCCC[C@@]1(c1ccccc1)N1CCC1.O=C1CCCC[C@]1(NC1CC1)c1ccccc1.O=C1CCCC[C@]1(NCCF)c1ccccc1. The number of para-hydroxylation sites is 1. The number of carbonyl (C=O) groups is 9. The lowest BCUT2D eigenvalue weighted by Gasteiger charge is -2.50. The van der Waals surface area contributed by atoms with Crippen LogP contribution in [0.15, 0.2) is 237 Å². The predicted octanol–water partition coefficient (Wildman–Crippen LogP) is 21.2. The summed E-state index contributed by atoms with van der Waals surface area (Å²) in [5.74, 6) is 1.37. The number of nitrogens with one attached hydrogen (secondary N) is 3. The number of hydrogen-bond donors (Lipinski definition) is 9. The first-order valence-corrected chi connectivity index (χ1v) is 52.3. The van der Waals surface area contributed by atoms with Crippen molar-refractivity contribution in [3.05, 3.63) is 315 Å².